The summed E-state index contributed by atoms with van der Waals surface area (Å²) in [6.45, 7) is 7.80. The van der Waals surface area contributed by atoms with Gasteiger partial charge < -0.3 is 9.47 Å². The van der Waals surface area contributed by atoms with E-state index in [0.717, 1.165) is 16.6 Å². The quantitative estimate of drug-likeness (QED) is 0.352. The Hall–Kier alpha value is -3.66. The number of nitrogens with zero attached hydrogens (tertiary/aromatic N) is 2. The number of aryl methyl sites for hydroxylation is 1. The predicted molar refractivity (Wildman–Crippen MR) is 107 cm³/mol. The number of nitriles is 1. The minimum atomic E-state index is -0.404. The zero-order chi connectivity index (χ0) is 20.1. The van der Waals surface area contributed by atoms with Crippen molar-refractivity contribution in [2.45, 2.75) is 20.3 Å². The number of benzene rings is 2. The lowest BCUT2D eigenvalue weighted by Gasteiger charge is -2.19. The fourth-order valence-electron chi connectivity index (χ4n) is 2.60. The Morgan fingerprint density at radius 1 is 1.29 bits per heavy atom. The highest BCUT2D eigenvalue weighted by molar-refractivity contribution is 5.86. The Kier molecular flexibility index (Phi) is 5.70. The van der Waals surface area contributed by atoms with Gasteiger partial charge in [0, 0.05) is 18.1 Å². The zero-order valence-corrected chi connectivity index (χ0v) is 15.9. The van der Waals surface area contributed by atoms with Crippen molar-refractivity contribution < 1.29 is 14.3 Å². The van der Waals surface area contributed by atoms with Crippen LogP contribution in [0, 0.1) is 18.3 Å². The van der Waals surface area contributed by atoms with E-state index in [2.05, 4.69) is 29.2 Å². The van der Waals surface area contributed by atoms with Crippen molar-refractivity contribution in [2.75, 3.05) is 18.6 Å². The number of ether oxygens (including phenoxy) is 2. The lowest BCUT2D eigenvalue weighted by atomic mass is 10.2. The van der Waals surface area contributed by atoms with Crippen LogP contribution in [0.2, 0.25) is 0 Å². The smallest absolute Gasteiger partial charge is 0.333 e. The molecule has 0 aliphatic heterocycles. The van der Waals surface area contributed by atoms with Crippen molar-refractivity contribution in [1.82, 2.24) is 9.89 Å². The monoisotopic (exact) mass is 378 g/mol. The molecule has 0 saturated heterocycles. The maximum absolute atomic E-state index is 11.3. The van der Waals surface area contributed by atoms with Gasteiger partial charge in [-0.25, -0.2) is 4.79 Å². The van der Waals surface area contributed by atoms with Crippen LogP contribution >= 0.6 is 0 Å². The Labute approximate surface area is 163 Å². The Balaban J connectivity index is 1.58. The van der Waals surface area contributed by atoms with Gasteiger partial charge in [0.15, 0.2) is 0 Å². The average molecular weight is 378 g/mol. The van der Waals surface area contributed by atoms with E-state index in [0.29, 0.717) is 35.6 Å². The third-order valence-corrected chi connectivity index (χ3v) is 4.11. The Bertz CT molecular complexity index is 1060. The molecule has 0 bridgehead atoms. The van der Waals surface area contributed by atoms with Gasteiger partial charge >= 0.3 is 5.97 Å². The fourth-order valence-corrected chi connectivity index (χ4v) is 2.60. The number of hydrogen-bond acceptors (Lipinski definition) is 5. The summed E-state index contributed by atoms with van der Waals surface area (Å²) < 4.78 is 10.7. The number of anilines is 1. The molecule has 0 amide bonds. The zero-order valence-electron chi connectivity index (χ0n) is 15.9. The molecule has 0 radical (unpaired) electrons. The van der Waals surface area contributed by atoms with Gasteiger partial charge in [0.2, 0.25) is 0 Å². The van der Waals surface area contributed by atoms with E-state index in [4.69, 9.17) is 9.47 Å². The predicted octanol–water partition coefficient (Wildman–Crippen LogP) is 3.91. The molecule has 3 rings (SSSR count). The molecule has 28 heavy (non-hydrogen) atoms. The van der Waals surface area contributed by atoms with Gasteiger partial charge in [0.1, 0.15) is 17.3 Å². The standard InChI is InChI=1S/C21H22N4O3/c1-14(2)21(26)28-10-4-9-27-17-6-8-18(16(12-17)13-22)23-25-20-11-15(3)5-7-19(20)24-25/h5-8,11-12,23-24H,1,4,9-10H2,2-3H3. The number of aromatic amines is 1. The number of hydrogen-bond donors (Lipinski definition) is 2. The number of esters is 1. The SMILES string of the molecule is C=C(C)C(=O)OCCCOc1ccc(Nn2[nH]c3ccc(C)cc32)c(C#N)c1. The van der Waals surface area contributed by atoms with E-state index in [1.165, 1.54) is 0 Å². The normalized spacial score (nSPS) is 10.5. The lowest BCUT2D eigenvalue weighted by Crippen LogP contribution is -2.19. The summed E-state index contributed by atoms with van der Waals surface area (Å²) >= 11 is 0. The molecule has 3 aromatic rings. The molecular formula is C21H22N4O3. The highest BCUT2D eigenvalue weighted by Crippen LogP contribution is 2.24. The van der Waals surface area contributed by atoms with Crippen molar-refractivity contribution >= 4 is 22.7 Å². The molecule has 7 heteroatoms. The number of rotatable bonds is 8. The molecule has 2 N–H and O–H groups in total. The topological polar surface area (TPSA) is 92.1 Å². The van der Waals surface area contributed by atoms with Crippen LogP contribution in [0.4, 0.5) is 5.69 Å². The van der Waals surface area contributed by atoms with Crippen LogP contribution in [-0.4, -0.2) is 29.1 Å². The molecular weight excluding hydrogens is 356 g/mol. The molecule has 7 nitrogen and oxygen atoms in total. The second kappa shape index (κ2) is 8.35. The summed E-state index contributed by atoms with van der Waals surface area (Å²) in [6.07, 6.45) is 0.550. The number of carbonyl (C=O) groups is 1. The molecule has 0 spiro atoms. The number of nitrogens with one attached hydrogen (secondary N) is 2. The average Bonchev–Trinajstić information content (AvgIpc) is 2.67. The van der Waals surface area contributed by atoms with E-state index in [1.54, 1.807) is 29.9 Å². The molecule has 0 aliphatic rings. The van der Waals surface area contributed by atoms with Gasteiger partial charge in [-0.2, -0.15) is 10.1 Å². The van der Waals surface area contributed by atoms with Crippen LogP contribution in [0.15, 0.2) is 48.6 Å². The summed E-state index contributed by atoms with van der Waals surface area (Å²) in [4.78, 5) is 13.1. The van der Waals surface area contributed by atoms with Crippen molar-refractivity contribution in [2.24, 2.45) is 0 Å². The van der Waals surface area contributed by atoms with Crippen LogP contribution < -0.4 is 10.2 Å². The van der Waals surface area contributed by atoms with Crippen molar-refractivity contribution in [3.63, 3.8) is 0 Å². The minimum absolute atomic E-state index is 0.260. The number of carbonyl (C=O) groups excluding carboxylic acids is 1. The maximum Gasteiger partial charge on any atom is 0.333 e. The largest absolute Gasteiger partial charge is 0.493 e. The summed E-state index contributed by atoms with van der Waals surface area (Å²) in [5, 5.41) is 12.6. The summed E-state index contributed by atoms with van der Waals surface area (Å²) in [5.41, 5.74) is 7.91. The summed E-state index contributed by atoms with van der Waals surface area (Å²) in [5.74, 6) is 0.180. The van der Waals surface area contributed by atoms with Gasteiger partial charge in [0.25, 0.3) is 0 Å². The Morgan fingerprint density at radius 3 is 2.86 bits per heavy atom. The molecule has 0 fully saturated rings. The van der Waals surface area contributed by atoms with Crippen LogP contribution in [0.5, 0.6) is 5.75 Å². The van der Waals surface area contributed by atoms with E-state index in [-0.39, 0.29) is 6.61 Å². The number of fused-ring (bicyclic) bond motifs is 1. The molecule has 1 heterocycles. The first-order chi connectivity index (χ1) is 13.5. The summed E-state index contributed by atoms with van der Waals surface area (Å²) in [6, 6.07) is 13.6. The molecule has 0 atom stereocenters. The van der Waals surface area contributed by atoms with Gasteiger partial charge in [-0.3, -0.25) is 10.5 Å². The van der Waals surface area contributed by atoms with E-state index >= 15 is 0 Å². The highest BCUT2D eigenvalue weighted by atomic mass is 16.5. The third kappa shape index (κ3) is 4.35. The Morgan fingerprint density at radius 2 is 2.11 bits per heavy atom. The molecule has 144 valence electrons. The van der Waals surface area contributed by atoms with Gasteiger partial charge in [-0.1, -0.05) is 12.6 Å². The first-order valence-corrected chi connectivity index (χ1v) is 8.91. The maximum atomic E-state index is 11.3. The van der Waals surface area contributed by atoms with E-state index in [9.17, 15) is 10.1 Å². The van der Waals surface area contributed by atoms with Crippen LogP contribution in [0.25, 0.3) is 11.0 Å². The fraction of sp³-hybridized carbons (Fsp3) is 0.238. The molecule has 0 unspecified atom stereocenters. The van der Waals surface area contributed by atoms with E-state index < -0.39 is 5.97 Å². The van der Waals surface area contributed by atoms with E-state index in [1.807, 2.05) is 19.1 Å². The van der Waals surface area contributed by atoms with Crippen molar-refractivity contribution in [3.05, 3.63) is 59.7 Å². The number of aromatic nitrogens is 2. The van der Waals surface area contributed by atoms with Gasteiger partial charge in [0.05, 0.1) is 30.0 Å². The van der Waals surface area contributed by atoms with Crippen LogP contribution in [0.1, 0.15) is 24.5 Å². The summed E-state index contributed by atoms with van der Waals surface area (Å²) in [7, 11) is 0. The molecule has 0 aliphatic carbocycles. The van der Waals surface area contributed by atoms with Gasteiger partial charge in [-0.15, -0.1) is 0 Å². The van der Waals surface area contributed by atoms with Crippen LogP contribution in [-0.2, 0) is 9.53 Å². The lowest BCUT2D eigenvalue weighted by molar-refractivity contribution is -0.139. The molecule has 2 aromatic carbocycles. The number of H-pyrrole nitrogens is 1. The third-order valence-electron chi connectivity index (χ3n) is 4.11. The molecule has 0 saturated carbocycles. The molecule has 1 aromatic heterocycles. The first-order valence-electron chi connectivity index (χ1n) is 8.91. The van der Waals surface area contributed by atoms with Gasteiger partial charge in [-0.05, 0) is 43.7 Å². The highest BCUT2D eigenvalue weighted by Gasteiger charge is 2.09. The second-order valence-electron chi connectivity index (χ2n) is 6.52. The van der Waals surface area contributed by atoms with Crippen molar-refractivity contribution in [1.29, 1.82) is 5.26 Å². The first kappa shape index (κ1) is 19.1. The van der Waals surface area contributed by atoms with Crippen molar-refractivity contribution in [3.8, 4) is 11.8 Å². The van der Waals surface area contributed by atoms with Crippen LogP contribution in [0.3, 0.4) is 0 Å². The second-order valence-corrected chi connectivity index (χ2v) is 6.52. The minimum Gasteiger partial charge on any atom is -0.493 e.